The van der Waals surface area contributed by atoms with Crippen LogP contribution in [0.3, 0.4) is 0 Å². The number of allylic oxidation sites excluding steroid dienone is 2. The predicted octanol–water partition coefficient (Wildman–Crippen LogP) is 3.63. The molecule has 0 saturated heterocycles. The minimum absolute atomic E-state index is 1.01. The fourth-order valence-electron chi connectivity index (χ4n) is 0.838. The van der Waals surface area contributed by atoms with Crippen LogP contribution in [0.5, 0.6) is 0 Å². The lowest BCUT2D eigenvalue weighted by Crippen LogP contribution is -2.22. The zero-order chi connectivity index (χ0) is 8.04. The number of hydrogen-bond acceptors (Lipinski definition) is 0. The van der Waals surface area contributed by atoms with Crippen molar-refractivity contribution in [3.05, 3.63) is 24.3 Å². The highest BCUT2D eigenvalue weighted by Gasteiger charge is 2.15. The first-order valence-corrected chi connectivity index (χ1v) is 7.33. The third-order valence-electron chi connectivity index (χ3n) is 1.46. The van der Waals surface area contributed by atoms with Crippen LogP contribution >= 0.6 is 11.6 Å². The van der Waals surface area contributed by atoms with Gasteiger partial charge in [-0.3, -0.25) is 0 Å². The van der Waals surface area contributed by atoms with Gasteiger partial charge in [-0.1, -0.05) is 36.8 Å². The Morgan fingerprint density at radius 3 is 2.40 bits per heavy atom. The minimum atomic E-state index is -1.01. The van der Waals surface area contributed by atoms with Crippen molar-refractivity contribution in [2.24, 2.45) is 0 Å². The molecule has 0 unspecified atom stereocenters. The fraction of sp³-hybridized carbons (Fsp3) is 0.500. The summed E-state index contributed by atoms with van der Waals surface area (Å²) in [6, 6.07) is 2.33. The van der Waals surface area contributed by atoms with Crippen molar-refractivity contribution in [2.75, 3.05) is 0 Å². The smallest absolute Gasteiger partial charge is 0.0549 e. The van der Waals surface area contributed by atoms with Crippen LogP contribution in [0, 0.1) is 0 Å². The topological polar surface area (TPSA) is 0 Å². The van der Waals surface area contributed by atoms with E-state index in [1.165, 1.54) is 6.04 Å². The van der Waals surface area contributed by atoms with Crippen LogP contribution in [0.15, 0.2) is 24.3 Å². The van der Waals surface area contributed by atoms with Crippen LogP contribution in [0.25, 0.3) is 0 Å². The molecule has 0 spiro atoms. The fourth-order valence-corrected chi connectivity index (χ4v) is 2.78. The van der Waals surface area contributed by atoms with Gasteiger partial charge in [0.05, 0.1) is 8.07 Å². The molecule has 0 amide bonds. The Bertz CT molecular complexity index is 127. The molecule has 0 aliphatic heterocycles. The van der Waals surface area contributed by atoms with E-state index in [2.05, 4.69) is 19.7 Å². The van der Waals surface area contributed by atoms with Crippen molar-refractivity contribution in [3.63, 3.8) is 0 Å². The second-order valence-electron chi connectivity index (χ2n) is 3.22. The predicted molar refractivity (Wildman–Crippen MR) is 52.3 cm³/mol. The lowest BCUT2D eigenvalue weighted by Gasteiger charge is -2.17. The van der Waals surface area contributed by atoms with Crippen molar-refractivity contribution in [3.8, 4) is 0 Å². The molecule has 0 aromatic carbocycles. The summed E-state index contributed by atoms with van der Waals surface area (Å²) in [5.74, 6) is 0. The van der Waals surface area contributed by atoms with E-state index in [0.717, 1.165) is 6.04 Å². The average molecular weight is 175 g/mol. The molecule has 0 radical (unpaired) electrons. The normalized spacial score (nSPS) is 12.3. The molecule has 0 nitrogen and oxygen atoms in total. The Kier molecular flexibility index (Phi) is 4.74. The van der Waals surface area contributed by atoms with Crippen LogP contribution in [0.2, 0.25) is 25.2 Å². The maximum atomic E-state index is 5.42. The Morgan fingerprint density at radius 1 is 1.40 bits per heavy atom. The van der Waals surface area contributed by atoms with E-state index in [1.54, 1.807) is 5.54 Å². The first-order valence-electron chi connectivity index (χ1n) is 3.48. The molecule has 0 aliphatic rings. The molecular weight excluding hydrogens is 160 g/mol. The largest absolute Gasteiger partial charge is 0.103 e. The lowest BCUT2D eigenvalue weighted by atomic mass is 10.7. The van der Waals surface area contributed by atoms with Crippen LogP contribution in [0.4, 0.5) is 0 Å². The Hall–Kier alpha value is -0.0131. The van der Waals surface area contributed by atoms with Crippen LogP contribution in [0.1, 0.15) is 0 Å². The SMILES string of the molecule is C=CC[Si](C)(C)C/C=C/Cl. The Balaban J connectivity index is 3.73. The summed E-state index contributed by atoms with van der Waals surface area (Å²) in [4.78, 5) is 0. The van der Waals surface area contributed by atoms with E-state index in [-0.39, 0.29) is 0 Å². The molecule has 0 atom stereocenters. The van der Waals surface area contributed by atoms with Crippen LogP contribution in [-0.2, 0) is 0 Å². The van der Waals surface area contributed by atoms with E-state index >= 15 is 0 Å². The molecule has 2 heteroatoms. The maximum absolute atomic E-state index is 5.42. The quantitative estimate of drug-likeness (QED) is 0.451. The third kappa shape index (κ3) is 4.83. The highest BCUT2D eigenvalue weighted by atomic mass is 35.5. The summed E-state index contributed by atoms with van der Waals surface area (Å²) in [6.07, 6.45) is 4.05. The highest BCUT2D eigenvalue weighted by Crippen LogP contribution is 2.15. The van der Waals surface area contributed by atoms with Crippen LogP contribution < -0.4 is 0 Å². The number of rotatable bonds is 4. The summed E-state index contributed by atoms with van der Waals surface area (Å²) in [6.45, 7) is 8.41. The second kappa shape index (κ2) is 4.75. The monoisotopic (exact) mass is 174 g/mol. The van der Waals surface area contributed by atoms with Gasteiger partial charge in [0, 0.05) is 0 Å². The summed E-state index contributed by atoms with van der Waals surface area (Å²) >= 11 is 5.42. The molecule has 10 heavy (non-hydrogen) atoms. The number of halogens is 1. The van der Waals surface area contributed by atoms with E-state index in [0.29, 0.717) is 0 Å². The van der Waals surface area contributed by atoms with Crippen molar-refractivity contribution >= 4 is 19.7 Å². The molecule has 0 heterocycles. The van der Waals surface area contributed by atoms with Gasteiger partial charge in [0.1, 0.15) is 0 Å². The minimum Gasteiger partial charge on any atom is -0.103 e. The van der Waals surface area contributed by atoms with Crippen LogP contribution in [-0.4, -0.2) is 8.07 Å². The van der Waals surface area contributed by atoms with Crippen molar-refractivity contribution in [2.45, 2.75) is 25.2 Å². The van der Waals surface area contributed by atoms with Gasteiger partial charge in [-0.25, -0.2) is 0 Å². The molecule has 0 aliphatic carbocycles. The average Bonchev–Trinajstić information content (AvgIpc) is 1.84. The molecule has 0 bridgehead atoms. The van der Waals surface area contributed by atoms with Gasteiger partial charge in [0.25, 0.3) is 0 Å². The summed E-state index contributed by atoms with van der Waals surface area (Å²) in [5, 5.41) is 0. The van der Waals surface area contributed by atoms with Gasteiger partial charge in [-0.15, -0.1) is 6.58 Å². The van der Waals surface area contributed by atoms with Gasteiger partial charge in [0.2, 0.25) is 0 Å². The van der Waals surface area contributed by atoms with E-state index in [1.807, 2.05) is 12.2 Å². The number of hydrogen-bond donors (Lipinski definition) is 0. The van der Waals surface area contributed by atoms with Crippen molar-refractivity contribution < 1.29 is 0 Å². The molecule has 0 aromatic heterocycles. The van der Waals surface area contributed by atoms with Gasteiger partial charge in [-0.2, -0.15) is 0 Å². The van der Waals surface area contributed by atoms with E-state index < -0.39 is 8.07 Å². The summed E-state index contributed by atoms with van der Waals surface area (Å²) in [7, 11) is -1.01. The molecular formula is C8H15ClSi. The van der Waals surface area contributed by atoms with Gasteiger partial charge in [-0.05, 0) is 17.6 Å². The summed E-state index contributed by atoms with van der Waals surface area (Å²) < 4.78 is 0. The van der Waals surface area contributed by atoms with Gasteiger partial charge in [0.15, 0.2) is 0 Å². The van der Waals surface area contributed by atoms with Crippen molar-refractivity contribution in [1.29, 1.82) is 0 Å². The molecule has 0 aromatic rings. The van der Waals surface area contributed by atoms with Crippen molar-refractivity contribution in [1.82, 2.24) is 0 Å². The first-order chi connectivity index (χ1) is 4.62. The first kappa shape index (κ1) is 9.99. The molecule has 0 rings (SSSR count). The molecule has 0 fully saturated rings. The third-order valence-corrected chi connectivity index (χ3v) is 4.37. The molecule has 0 N–H and O–H groups in total. The maximum Gasteiger partial charge on any atom is 0.0549 e. The van der Waals surface area contributed by atoms with Gasteiger partial charge < -0.3 is 0 Å². The summed E-state index contributed by atoms with van der Waals surface area (Å²) in [5.41, 5.74) is 1.61. The zero-order valence-electron chi connectivity index (χ0n) is 6.73. The van der Waals surface area contributed by atoms with Gasteiger partial charge >= 0.3 is 0 Å². The Morgan fingerprint density at radius 2 is 2.00 bits per heavy atom. The zero-order valence-corrected chi connectivity index (χ0v) is 8.49. The second-order valence-corrected chi connectivity index (χ2v) is 8.62. The standard InChI is InChI=1S/C8H15ClSi/c1-4-7-10(2,3)8-5-6-9/h4-6H,1,7-8H2,2-3H3/b6-5+. The Labute approximate surface area is 69.6 Å². The highest BCUT2D eigenvalue weighted by molar-refractivity contribution is 6.78. The molecule has 0 saturated carbocycles. The molecule has 58 valence electrons. The van der Waals surface area contributed by atoms with E-state index in [9.17, 15) is 0 Å². The van der Waals surface area contributed by atoms with E-state index in [4.69, 9.17) is 11.6 Å². The lowest BCUT2D eigenvalue weighted by molar-refractivity contribution is 1.42.